The van der Waals surface area contributed by atoms with E-state index in [2.05, 4.69) is 0 Å². The number of amides is 1. The monoisotopic (exact) mass is 503 g/mol. The SMILES string of the molecule is COc1ccc(CCN2C(=O)C(=O)/C(=C(\O)c3ccccc3)C2c2ccc(OC)c(OC)c2)cc1OC. The van der Waals surface area contributed by atoms with Crippen LogP contribution in [0.4, 0.5) is 0 Å². The summed E-state index contributed by atoms with van der Waals surface area (Å²) in [5.41, 5.74) is 1.98. The van der Waals surface area contributed by atoms with E-state index < -0.39 is 17.7 Å². The molecule has 1 amide bonds. The molecule has 37 heavy (non-hydrogen) atoms. The number of rotatable bonds is 9. The molecule has 1 N–H and O–H groups in total. The van der Waals surface area contributed by atoms with Gasteiger partial charge in [0.2, 0.25) is 0 Å². The summed E-state index contributed by atoms with van der Waals surface area (Å²) in [5.74, 6) is 0.475. The lowest BCUT2D eigenvalue weighted by atomic mass is 9.95. The number of aliphatic hydroxyl groups excluding tert-OH is 1. The zero-order valence-electron chi connectivity index (χ0n) is 21.2. The van der Waals surface area contributed by atoms with E-state index in [0.29, 0.717) is 40.5 Å². The molecule has 4 rings (SSSR count). The smallest absolute Gasteiger partial charge is 0.295 e. The van der Waals surface area contributed by atoms with Crippen LogP contribution in [0.1, 0.15) is 22.7 Å². The molecule has 1 saturated heterocycles. The van der Waals surface area contributed by atoms with Crippen molar-refractivity contribution in [3.63, 3.8) is 0 Å². The zero-order valence-corrected chi connectivity index (χ0v) is 21.2. The Morgan fingerprint density at radius 3 is 2.00 bits per heavy atom. The molecule has 1 unspecified atom stereocenters. The first-order valence-corrected chi connectivity index (χ1v) is 11.7. The highest BCUT2D eigenvalue weighted by molar-refractivity contribution is 6.46. The molecule has 1 aliphatic heterocycles. The normalized spacial score (nSPS) is 16.5. The molecule has 0 radical (unpaired) electrons. The first-order valence-electron chi connectivity index (χ1n) is 11.7. The molecule has 0 spiro atoms. The van der Waals surface area contributed by atoms with Crippen LogP contribution in [0, 0.1) is 0 Å². The maximum atomic E-state index is 13.3. The number of Topliss-reactive ketones (excluding diaryl/α,β-unsaturated/α-hetero) is 1. The summed E-state index contributed by atoms with van der Waals surface area (Å²) in [6.07, 6.45) is 0.447. The summed E-state index contributed by atoms with van der Waals surface area (Å²) in [7, 11) is 6.16. The summed E-state index contributed by atoms with van der Waals surface area (Å²) in [6, 6.07) is 18.6. The highest BCUT2D eigenvalue weighted by atomic mass is 16.5. The Bertz CT molecular complexity index is 1330. The standard InChI is InChI=1S/C29H29NO7/c1-34-21-12-10-18(16-23(21)36-3)14-15-30-26(20-11-13-22(35-2)24(17-20)37-4)25(28(32)29(30)33)27(31)19-8-6-5-7-9-19/h5-13,16-17,26,31H,14-15H2,1-4H3/b27-25-. The number of hydrogen-bond acceptors (Lipinski definition) is 7. The third-order valence-electron chi connectivity index (χ3n) is 6.40. The van der Waals surface area contributed by atoms with Gasteiger partial charge in [-0.15, -0.1) is 0 Å². The summed E-state index contributed by atoms with van der Waals surface area (Å²) < 4.78 is 21.5. The fraction of sp³-hybridized carbons (Fsp3) is 0.241. The molecule has 0 saturated carbocycles. The van der Waals surface area contributed by atoms with Crippen LogP contribution in [0.3, 0.4) is 0 Å². The Labute approximate surface area is 215 Å². The van der Waals surface area contributed by atoms with Crippen LogP contribution in [0.25, 0.3) is 5.76 Å². The van der Waals surface area contributed by atoms with Gasteiger partial charge < -0.3 is 29.0 Å². The summed E-state index contributed by atoms with van der Waals surface area (Å²) in [4.78, 5) is 28.1. The highest BCUT2D eigenvalue weighted by Gasteiger charge is 2.46. The maximum absolute atomic E-state index is 13.3. The second kappa shape index (κ2) is 11.1. The number of benzene rings is 3. The maximum Gasteiger partial charge on any atom is 0.295 e. The molecule has 8 nitrogen and oxygen atoms in total. The largest absolute Gasteiger partial charge is 0.507 e. The fourth-order valence-corrected chi connectivity index (χ4v) is 4.52. The number of hydrogen-bond donors (Lipinski definition) is 1. The van der Waals surface area contributed by atoms with E-state index in [0.717, 1.165) is 5.56 Å². The number of carbonyl (C=O) groups excluding carboxylic acids is 2. The molecular weight excluding hydrogens is 474 g/mol. The van der Waals surface area contributed by atoms with Crippen molar-refractivity contribution >= 4 is 17.4 Å². The van der Waals surface area contributed by atoms with Gasteiger partial charge in [0.25, 0.3) is 11.7 Å². The van der Waals surface area contributed by atoms with Crippen molar-refractivity contribution < 1.29 is 33.6 Å². The molecule has 8 heteroatoms. The zero-order chi connectivity index (χ0) is 26.5. The van der Waals surface area contributed by atoms with E-state index in [1.165, 1.54) is 19.1 Å². The molecule has 3 aromatic carbocycles. The average molecular weight is 504 g/mol. The van der Waals surface area contributed by atoms with Crippen LogP contribution < -0.4 is 18.9 Å². The third-order valence-corrected chi connectivity index (χ3v) is 6.40. The molecule has 0 aromatic heterocycles. The van der Waals surface area contributed by atoms with Crippen LogP contribution >= 0.6 is 0 Å². The van der Waals surface area contributed by atoms with Gasteiger partial charge in [-0.05, 0) is 41.8 Å². The van der Waals surface area contributed by atoms with Crippen LogP contribution in [-0.2, 0) is 16.0 Å². The minimum Gasteiger partial charge on any atom is -0.507 e. The lowest BCUT2D eigenvalue weighted by Gasteiger charge is -2.26. The molecule has 1 atom stereocenters. The lowest BCUT2D eigenvalue weighted by Crippen LogP contribution is -2.31. The summed E-state index contributed by atoms with van der Waals surface area (Å²) >= 11 is 0. The Balaban J connectivity index is 1.78. The fourth-order valence-electron chi connectivity index (χ4n) is 4.52. The van der Waals surface area contributed by atoms with Crippen molar-refractivity contribution in [1.29, 1.82) is 0 Å². The van der Waals surface area contributed by atoms with Crippen molar-refractivity contribution in [2.45, 2.75) is 12.5 Å². The molecule has 0 aliphatic carbocycles. The van der Waals surface area contributed by atoms with Crippen molar-refractivity contribution in [3.8, 4) is 23.0 Å². The second-order valence-corrected chi connectivity index (χ2v) is 8.41. The number of aliphatic hydroxyl groups is 1. The van der Waals surface area contributed by atoms with Crippen molar-refractivity contribution in [3.05, 3.63) is 89.0 Å². The number of nitrogens with zero attached hydrogens (tertiary/aromatic N) is 1. The quantitative estimate of drug-likeness (QED) is 0.263. The van der Waals surface area contributed by atoms with Gasteiger partial charge >= 0.3 is 0 Å². The predicted octanol–water partition coefficient (Wildman–Crippen LogP) is 4.39. The number of likely N-dealkylation sites (tertiary alicyclic amines) is 1. The first-order chi connectivity index (χ1) is 17.9. The van der Waals surface area contributed by atoms with E-state index in [1.54, 1.807) is 62.8 Å². The van der Waals surface area contributed by atoms with E-state index in [9.17, 15) is 14.7 Å². The van der Waals surface area contributed by atoms with Crippen LogP contribution in [0.2, 0.25) is 0 Å². The minimum absolute atomic E-state index is 0.0238. The lowest BCUT2D eigenvalue weighted by molar-refractivity contribution is -0.139. The summed E-state index contributed by atoms with van der Waals surface area (Å²) in [6.45, 7) is 0.227. The Morgan fingerprint density at radius 2 is 1.38 bits per heavy atom. The van der Waals surface area contributed by atoms with Gasteiger partial charge in [0.1, 0.15) is 5.76 Å². The number of methoxy groups -OCH3 is 4. The Morgan fingerprint density at radius 1 is 0.784 bits per heavy atom. The van der Waals surface area contributed by atoms with Crippen LogP contribution in [0.5, 0.6) is 23.0 Å². The van der Waals surface area contributed by atoms with E-state index in [4.69, 9.17) is 18.9 Å². The molecule has 3 aromatic rings. The molecule has 0 bridgehead atoms. The summed E-state index contributed by atoms with van der Waals surface area (Å²) in [5, 5.41) is 11.2. The van der Waals surface area contributed by atoms with E-state index >= 15 is 0 Å². The first kappa shape index (κ1) is 25.6. The number of carbonyl (C=O) groups is 2. The average Bonchev–Trinajstić information content (AvgIpc) is 3.20. The molecule has 1 fully saturated rings. The van der Waals surface area contributed by atoms with Gasteiger partial charge in [0.15, 0.2) is 23.0 Å². The van der Waals surface area contributed by atoms with Crippen molar-refractivity contribution in [2.24, 2.45) is 0 Å². The van der Waals surface area contributed by atoms with E-state index in [1.807, 2.05) is 18.2 Å². The Kier molecular flexibility index (Phi) is 7.67. The second-order valence-electron chi connectivity index (χ2n) is 8.41. The number of ketones is 1. The number of ether oxygens (including phenoxy) is 4. The topological polar surface area (TPSA) is 94.5 Å². The molecular formula is C29H29NO7. The van der Waals surface area contributed by atoms with Gasteiger partial charge in [0.05, 0.1) is 40.1 Å². The van der Waals surface area contributed by atoms with Gasteiger partial charge in [-0.2, -0.15) is 0 Å². The minimum atomic E-state index is -0.819. The van der Waals surface area contributed by atoms with Crippen molar-refractivity contribution in [1.82, 2.24) is 4.90 Å². The van der Waals surface area contributed by atoms with Crippen LogP contribution in [0.15, 0.2) is 72.3 Å². The Hall–Kier alpha value is -4.46. The van der Waals surface area contributed by atoms with Gasteiger partial charge in [-0.3, -0.25) is 9.59 Å². The molecule has 1 heterocycles. The van der Waals surface area contributed by atoms with Gasteiger partial charge in [-0.25, -0.2) is 0 Å². The predicted molar refractivity (Wildman–Crippen MR) is 138 cm³/mol. The van der Waals surface area contributed by atoms with Crippen molar-refractivity contribution in [2.75, 3.05) is 35.0 Å². The third kappa shape index (κ3) is 4.95. The van der Waals surface area contributed by atoms with Gasteiger partial charge in [0, 0.05) is 12.1 Å². The molecule has 1 aliphatic rings. The van der Waals surface area contributed by atoms with Gasteiger partial charge in [-0.1, -0.05) is 42.5 Å². The highest BCUT2D eigenvalue weighted by Crippen LogP contribution is 2.42. The molecule has 192 valence electrons. The van der Waals surface area contributed by atoms with Crippen LogP contribution in [-0.4, -0.2) is 56.7 Å². The van der Waals surface area contributed by atoms with E-state index in [-0.39, 0.29) is 17.9 Å².